The molecule has 0 radical (unpaired) electrons. The molecule has 0 bridgehead atoms. The summed E-state index contributed by atoms with van der Waals surface area (Å²) in [6.45, 7) is 6.40. The van der Waals surface area contributed by atoms with Crippen molar-refractivity contribution in [1.29, 1.82) is 5.26 Å². The first-order chi connectivity index (χ1) is 13.6. The van der Waals surface area contributed by atoms with Crippen LogP contribution in [-0.4, -0.2) is 4.98 Å². The molecule has 2 aliphatic carbocycles. The summed E-state index contributed by atoms with van der Waals surface area (Å²) in [6.07, 6.45) is 7.87. The highest BCUT2D eigenvalue weighted by Crippen LogP contribution is 2.44. The molecule has 2 aliphatic rings. The average Bonchev–Trinajstić information content (AvgIpc) is 3.51. The lowest BCUT2D eigenvalue weighted by Gasteiger charge is -2.21. The largest absolute Gasteiger partial charge is 0.439 e. The topological polar surface area (TPSA) is 57.9 Å². The van der Waals surface area contributed by atoms with E-state index in [1.54, 1.807) is 6.20 Å². The van der Waals surface area contributed by atoms with E-state index in [4.69, 9.17) is 10.00 Å². The van der Waals surface area contributed by atoms with Crippen LogP contribution in [0.5, 0.6) is 11.6 Å². The molecule has 0 saturated heterocycles. The molecule has 0 atom stereocenters. The number of benzene rings is 1. The summed E-state index contributed by atoms with van der Waals surface area (Å²) in [5.41, 5.74) is 7.01. The van der Waals surface area contributed by atoms with Crippen molar-refractivity contribution >= 4 is 5.69 Å². The van der Waals surface area contributed by atoms with Crippen LogP contribution in [0.15, 0.2) is 77.7 Å². The summed E-state index contributed by atoms with van der Waals surface area (Å²) in [5, 5.41) is 12.3. The van der Waals surface area contributed by atoms with E-state index in [0.717, 1.165) is 23.4 Å². The smallest absolute Gasteiger partial charge is 0.221 e. The zero-order valence-corrected chi connectivity index (χ0v) is 16.0. The fraction of sp³-hybridized carbons (Fsp3) is 0.250. The summed E-state index contributed by atoms with van der Waals surface area (Å²) in [7, 11) is 0. The Morgan fingerprint density at radius 2 is 2.04 bits per heavy atom. The van der Waals surface area contributed by atoms with Gasteiger partial charge < -0.3 is 10.1 Å². The highest BCUT2D eigenvalue weighted by atomic mass is 16.5. The van der Waals surface area contributed by atoms with Crippen molar-refractivity contribution < 1.29 is 4.74 Å². The number of hydrogen-bond acceptors (Lipinski definition) is 4. The number of anilines is 1. The predicted octanol–water partition coefficient (Wildman–Crippen LogP) is 5.92. The highest BCUT2D eigenvalue weighted by Gasteiger charge is 2.29. The first-order valence-electron chi connectivity index (χ1n) is 9.58. The van der Waals surface area contributed by atoms with Gasteiger partial charge in [0.05, 0.1) is 12.5 Å². The minimum Gasteiger partial charge on any atom is -0.439 e. The Hall–Kier alpha value is -3.32. The quantitative estimate of drug-likeness (QED) is 0.686. The molecular weight excluding hydrogens is 346 g/mol. The number of pyridine rings is 1. The molecule has 4 rings (SSSR count). The van der Waals surface area contributed by atoms with Crippen LogP contribution in [0, 0.1) is 17.2 Å². The van der Waals surface area contributed by atoms with Gasteiger partial charge in [-0.2, -0.15) is 5.26 Å². The lowest BCUT2D eigenvalue weighted by Crippen LogP contribution is -2.08. The summed E-state index contributed by atoms with van der Waals surface area (Å²) >= 11 is 0. The lowest BCUT2D eigenvalue weighted by atomic mass is 9.90. The van der Waals surface area contributed by atoms with Gasteiger partial charge in [-0.25, -0.2) is 4.98 Å². The summed E-state index contributed by atoms with van der Waals surface area (Å²) < 4.78 is 5.87. The van der Waals surface area contributed by atoms with Crippen LogP contribution in [0.1, 0.15) is 31.7 Å². The molecule has 2 aromatic rings. The molecule has 4 nitrogen and oxygen atoms in total. The molecule has 0 amide bonds. The van der Waals surface area contributed by atoms with Crippen LogP contribution in [0.3, 0.4) is 0 Å². The monoisotopic (exact) mass is 369 g/mol. The maximum absolute atomic E-state index is 8.76. The Labute approximate surface area is 165 Å². The van der Waals surface area contributed by atoms with E-state index >= 15 is 0 Å². The lowest BCUT2D eigenvalue weighted by molar-refractivity contribution is 0.463. The third-order valence-electron chi connectivity index (χ3n) is 5.11. The Morgan fingerprint density at radius 3 is 2.75 bits per heavy atom. The Kier molecular flexibility index (Phi) is 4.99. The van der Waals surface area contributed by atoms with Crippen molar-refractivity contribution in [2.24, 2.45) is 5.92 Å². The van der Waals surface area contributed by atoms with Crippen LogP contribution in [0.4, 0.5) is 5.69 Å². The Bertz CT molecular complexity index is 1000. The van der Waals surface area contributed by atoms with Gasteiger partial charge in [-0.15, -0.1) is 0 Å². The van der Waals surface area contributed by atoms with Gasteiger partial charge in [-0.3, -0.25) is 0 Å². The molecular formula is C24H23N3O. The molecule has 1 aromatic heterocycles. The standard InChI is InChI=1S/C24H23N3O/c1-16-13-17(2)23(15-22(16)19-5-6-19)27-20-10-12-26-24(14-20)28-21-7-3-18(4-8-21)9-11-25/h3-4,7-8,10,12,14-15,19H,1,5-6,9,13H2,2H3,(H,26,27). The van der Waals surface area contributed by atoms with Crippen molar-refractivity contribution in [2.45, 2.75) is 32.6 Å². The van der Waals surface area contributed by atoms with Gasteiger partial charge in [0.2, 0.25) is 5.88 Å². The number of nitriles is 1. The van der Waals surface area contributed by atoms with Gasteiger partial charge in [0.25, 0.3) is 0 Å². The Balaban J connectivity index is 1.49. The van der Waals surface area contributed by atoms with Crippen molar-refractivity contribution in [3.05, 3.63) is 83.2 Å². The predicted molar refractivity (Wildman–Crippen MR) is 111 cm³/mol. The zero-order valence-electron chi connectivity index (χ0n) is 16.0. The number of hydrogen-bond donors (Lipinski definition) is 1. The van der Waals surface area contributed by atoms with Crippen LogP contribution in [0.25, 0.3) is 0 Å². The van der Waals surface area contributed by atoms with E-state index in [9.17, 15) is 0 Å². The molecule has 1 N–H and O–H groups in total. The maximum Gasteiger partial charge on any atom is 0.221 e. The minimum absolute atomic E-state index is 0.398. The number of nitrogens with one attached hydrogen (secondary N) is 1. The fourth-order valence-corrected chi connectivity index (χ4v) is 3.43. The second-order valence-electron chi connectivity index (χ2n) is 7.44. The van der Waals surface area contributed by atoms with Gasteiger partial charge in [-0.1, -0.05) is 18.7 Å². The summed E-state index contributed by atoms with van der Waals surface area (Å²) in [5.74, 6) is 1.92. The van der Waals surface area contributed by atoms with Crippen LogP contribution in [0.2, 0.25) is 0 Å². The van der Waals surface area contributed by atoms with Crippen LogP contribution in [-0.2, 0) is 6.42 Å². The normalized spacial score (nSPS) is 16.4. The second kappa shape index (κ2) is 7.74. The minimum atomic E-state index is 0.398. The highest BCUT2D eigenvalue weighted by molar-refractivity contribution is 5.58. The second-order valence-corrected chi connectivity index (χ2v) is 7.44. The summed E-state index contributed by atoms with van der Waals surface area (Å²) in [4.78, 5) is 4.31. The van der Waals surface area contributed by atoms with Crippen molar-refractivity contribution in [3.8, 4) is 17.7 Å². The van der Waals surface area contributed by atoms with E-state index in [-0.39, 0.29) is 0 Å². The molecule has 0 unspecified atom stereocenters. The SMILES string of the molecule is C=C1CC(C)=C(Nc2ccnc(Oc3ccc(CC#N)cc3)c2)C=C1C1CC1. The molecule has 1 saturated carbocycles. The zero-order chi connectivity index (χ0) is 19.5. The van der Waals surface area contributed by atoms with Crippen molar-refractivity contribution in [1.82, 2.24) is 4.98 Å². The van der Waals surface area contributed by atoms with E-state index in [1.807, 2.05) is 36.4 Å². The molecule has 28 heavy (non-hydrogen) atoms. The van der Waals surface area contributed by atoms with Gasteiger partial charge in [0.1, 0.15) is 5.75 Å². The van der Waals surface area contributed by atoms with Crippen molar-refractivity contribution in [3.63, 3.8) is 0 Å². The number of nitrogens with zero attached hydrogens (tertiary/aromatic N) is 2. The molecule has 0 aliphatic heterocycles. The number of rotatable bonds is 6. The van der Waals surface area contributed by atoms with Crippen LogP contribution >= 0.6 is 0 Å². The van der Waals surface area contributed by atoms with Crippen LogP contribution < -0.4 is 10.1 Å². The number of allylic oxidation sites excluding steroid dienone is 4. The molecule has 1 fully saturated rings. The molecule has 1 heterocycles. The molecule has 1 aromatic carbocycles. The number of ether oxygens (including phenoxy) is 1. The molecule has 0 spiro atoms. The van der Waals surface area contributed by atoms with Gasteiger partial charge >= 0.3 is 0 Å². The fourth-order valence-electron chi connectivity index (χ4n) is 3.43. The van der Waals surface area contributed by atoms with Gasteiger partial charge in [0, 0.05) is 23.6 Å². The Morgan fingerprint density at radius 1 is 1.25 bits per heavy atom. The first kappa shape index (κ1) is 18.1. The van der Waals surface area contributed by atoms with Gasteiger partial charge in [0.15, 0.2) is 0 Å². The van der Waals surface area contributed by atoms with E-state index < -0.39 is 0 Å². The summed E-state index contributed by atoms with van der Waals surface area (Å²) in [6, 6.07) is 13.5. The van der Waals surface area contributed by atoms with E-state index in [0.29, 0.717) is 24.0 Å². The number of aromatic nitrogens is 1. The third kappa shape index (κ3) is 4.15. The maximum atomic E-state index is 8.76. The first-order valence-corrected chi connectivity index (χ1v) is 9.58. The molecule has 140 valence electrons. The van der Waals surface area contributed by atoms with Crippen molar-refractivity contribution in [2.75, 3.05) is 5.32 Å². The average molecular weight is 369 g/mol. The third-order valence-corrected chi connectivity index (χ3v) is 5.11. The van der Waals surface area contributed by atoms with Gasteiger partial charge in [-0.05, 0) is 78.7 Å². The molecule has 4 heteroatoms. The van der Waals surface area contributed by atoms with E-state index in [2.05, 4.69) is 35.9 Å². The van der Waals surface area contributed by atoms with E-state index in [1.165, 1.54) is 29.6 Å².